The first-order chi connectivity index (χ1) is 16.9. The van der Waals surface area contributed by atoms with E-state index in [2.05, 4.69) is 33.5 Å². The number of hydrogen-bond acceptors (Lipinski definition) is 6. The molecule has 1 fully saturated rings. The number of esters is 1. The molecule has 0 spiro atoms. The average Bonchev–Trinajstić information content (AvgIpc) is 3.31. The Labute approximate surface area is 223 Å². The molecule has 8 heteroatoms. The quantitative estimate of drug-likeness (QED) is 0.320. The van der Waals surface area contributed by atoms with Crippen LogP contribution in [-0.2, 0) is 19.1 Å². The van der Waals surface area contributed by atoms with Gasteiger partial charge >= 0.3 is 5.97 Å². The second-order valence-corrected chi connectivity index (χ2v) is 11.6. The number of piperazine rings is 1. The smallest absolute Gasteiger partial charge is 0.306 e. The van der Waals surface area contributed by atoms with E-state index >= 15 is 0 Å². The predicted octanol–water partition coefficient (Wildman–Crippen LogP) is 5.27. The fourth-order valence-electron chi connectivity index (χ4n) is 4.52. The Morgan fingerprint density at radius 3 is 2.44 bits per heavy atom. The van der Waals surface area contributed by atoms with Crippen LogP contribution in [0.4, 0.5) is 0 Å². The molecule has 1 aromatic rings. The lowest BCUT2D eigenvalue weighted by molar-refractivity contribution is -0.149. The van der Waals surface area contributed by atoms with Crippen LogP contribution in [0.2, 0.25) is 0 Å². The lowest BCUT2D eigenvalue weighted by atomic mass is 9.89. The van der Waals surface area contributed by atoms with Gasteiger partial charge in [0.05, 0.1) is 31.2 Å². The fraction of sp³-hybridized carbons (Fsp3) is 0.536. The van der Waals surface area contributed by atoms with E-state index < -0.39 is 5.92 Å². The molecule has 0 N–H and O–H groups in total. The largest absolute Gasteiger partial charge is 0.474 e. The summed E-state index contributed by atoms with van der Waals surface area (Å²) in [5.41, 5.74) is 2.49. The summed E-state index contributed by atoms with van der Waals surface area (Å²) >= 11 is 3.48. The van der Waals surface area contributed by atoms with Gasteiger partial charge in [-0.05, 0) is 51.0 Å². The summed E-state index contributed by atoms with van der Waals surface area (Å²) in [5.74, 6) is -0.282. The van der Waals surface area contributed by atoms with Gasteiger partial charge in [-0.2, -0.15) is 0 Å². The monoisotopic (exact) mass is 559 g/mol. The first kappa shape index (κ1) is 28.0. The number of hydrogen-bond donors (Lipinski definition) is 0. The van der Waals surface area contributed by atoms with Crippen molar-refractivity contribution in [1.29, 1.82) is 0 Å². The molecule has 0 aromatic heterocycles. The highest BCUT2D eigenvalue weighted by atomic mass is 79.9. The Balaban J connectivity index is 1.89. The molecule has 36 heavy (non-hydrogen) atoms. The van der Waals surface area contributed by atoms with Crippen LogP contribution in [0.15, 0.2) is 52.3 Å². The Morgan fingerprint density at radius 1 is 1.19 bits per heavy atom. The highest BCUT2D eigenvalue weighted by molar-refractivity contribution is 9.10. The zero-order chi connectivity index (χ0) is 26.6. The molecule has 7 nitrogen and oxygen atoms in total. The molecule has 1 saturated heterocycles. The number of ether oxygens (including phenoxy) is 2. The molecule has 2 atom stereocenters. The standard InChI is InChI=1S/C28H38BrN3O4/c1-18(2)22(16-26(33)35-7)27(34)32-15-14-31(19(3)36-28(4,5)6)17-25(32)24-13-12-23(30-24)20-8-10-21(29)11-9-20/h8-12,18,22,25H,3,13-17H2,1-2,4-7H3/t22-,25-/m0/s1. The minimum absolute atomic E-state index is 0.00330. The van der Waals surface area contributed by atoms with Gasteiger partial charge in [-0.25, -0.2) is 0 Å². The Hall–Kier alpha value is -2.61. The minimum atomic E-state index is -0.457. The van der Waals surface area contributed by atoms with Crippen LogP contribution in [0.25, 0.3) is 5.70 Å². The summed E-state index contributed by atoms with van der Waals surface area (Å²) in [7, 11) is 1.36. The number of amides is 1. The van der Waals surface area contributed by atoms with Crippen LogP contribution in [0.5, 0.6) is 0 Å². The van der Waals surface area contributed by atoms with E-state index in [9.17, 15) is 9.59 Å². The highest BCUT2D eigenvalue weighted by Gasteiger charge is 2.39. The van der Waals surface area contributed by atoms with Crippen LogP contribution in [0, 0.1) is 11.8 Å². The molecular weight excluding hydrogens is 522 g/mol. The molecule has 0 bridgehead atoms. The van der Waals surface area contributed by atoms with Crippen LogP contribution < -0.4 is 0 Å². The third-order valence-electron chi connectivity index (χ3n) is 6.47. The van der Waals surface area contributed by atoms with Crippen LogP contribution in [-0.4, -0.2) is 65.8 Å². The van der Waals surface area contributed by atoms with Crippen molar-refractivity contribution in [2.75, 3.05) is 26.7 Å². The highest BCUT2D eigenvalue weighted by Crippen LogP contribution is 2.30. The van der Waals surface area contributed by atoms with Gasteiger partial charge in [-0.3, -0.25) is 14.6 Å². The lowest BCUT2D eigenvalue weighted by Gasteiger charge is -2.45. The maximum absolute atomic E-state index is 13.8. The van der Waals surface area contributed by atoms with E-state index in [4.69, 9.17) is 14.5 Å². The number of aliphatic imine (C=N–C) groups is 1. The average molecular weight is 561 g/mol. The van der Waals surface area contributed by atoms with Crippen molar-refractivity contribution < 1.29 is 19.1 Å². The maximum Gasteiger partial charge on any atom is 0.306 e. The van der Waals surface area contributed by atoms with Gasteiger partial charge in [-0.15, -0.1) is 0 Å². The summed E-state index contributed by atoms with van der Waals surface area (Å²) in [4.78, 5) is 34.9. The van der Waals surface area contributed by atoms with E-state index in [-0.39, 0.29) is 35.9 Å². The van der Waals surface area contributed by atoms with Gasteiger partial charge in [-0.1, -0.05) is 48.0 Å². The summed E-state index contributed by atoms with van der Waals surface area (Å²) in [6.45, 7) is 15.7. The Kier molecular flexibility index (Phi) is 9.03. The maximum atomic E-state index is 13.8. The van der Waals surface area contributed by atoms with Crippen molar-refractivity contribution in [2.24, 2.45) is 16.8 Å². The minimum Gasteiger partial charge on any atom is -0.474 e. The number of halogens is 1. The molecule has 2 aliphatic heterocycles. The van der Waals surface area contributed by atoms with Crippen molar-refractivity contribution in [3.63, 3.8) is 0 Å². The van der Waals surface area contributed by atoms with Gasteiger partial charge in [0.2, 0.25) is 5.91 Å². The summed E-state index contributed by atoms with van der Waals surface area (Å²) in [6, 6.07) is 7.80. The second-order valence-electron chi connectivity index (χ2n) is 10.6. The molecule has 0 radical (unpaired) electrons. The number of rotatable bonds is 8. The number of allylic oxidation sites excluding steroid dienone is 1. The molecule has 2 heterocycles. The summed E-state index contributed by atoms with van der Waals surface area (Å²) in [5, 5.41) is 0. The molecular formula is C28H38BrN3O4. The number of methoxy groups -OCH3 is 1. The number of benzene rings is 1. The van der Waals surface area contributed by atoms with Crippen molar-refractivity contribution in [1.82, 2.24) is 9.80 Å². The van der Waals surface area contributed by atoms with Gasteiger partial charge in [0.1, 0.15) is 5.60 Å². The Morgan fingerprint density at radius 2 is 1.86 bits per heavy atom. The molecule has 1 aromatic carbocycles. The topological polar surface area (TPSA) is 71.4 Å². The van der Waals surface area contributed by atoms with Gasteiger partial charge in [0, 0.05) is 36.2 Å². The van der Waals surface area contributed by atoms with Crippen LogP contribution in [0.1, 0.15) is 53.0 Å². The zero-order valence-corrected chi connectivity index (χ0v) is 23.8. The van der Waals surface area contributed by atoms with Crippen molar-refractivity contribution in [3.8, 4) is 0 Å². The summed E-state index contributed by atoms with van der Waals surface area (Å²) < 4.78 is 11.9. The van der Waals surface area contributed by atoms with Crippen LogP contribution >= 0.6 is 15.9 Å². The molecule has 0 aliphatic carbocycles. The van der Waals surface area contributed by atoms with Crippen molar-refractivity contribution in [3.05, 3.63) is 52.8 Å². The van der Waals surface area contributed by atoms with E-state index in [0.29, 0.717) is 31.9 Å². The van der Waals surface area contributed by atoms with E-state index in [1.165, 1.54) is 7.11 Å². The molecule has 0 unspecified atom stereocenters. The molecule has 2 aliphatic rings. The number of nitrogens with zero attached hydrogens (tertiary/aromatic N) is 3. The van der Waals surface area contributed by atoms with E-state index in [1.54, 1.807) is 0 Å². The van der Waals surface area contributed by atoms with Crippen molar-refractivity contribution in [2.45, 2.75) is 59.1 Å². The third-order valence-corrected chi connectivity index (χ3v) is 7.00. The fourth-order valence-corrected chi connectivity index (χ4v) is 4.79. The van der Waals surface area contributed by atoms with Gasteiger partial charge in [0.25, 0.3) is 0 Å². The first-order valence-electron chi connectivity index (χ1n) is 12.4. The third kappa shape index (κ3) is 6.99. The lowest BCUT2D eigenvalue weighted by Crippen LogP contribution is -2.59. The number of carbonyl (C=O) groups excluding carboxylic acids is 2. The van der Waals surface area contributed by atoms with Gasteiger partial charge < -0.3 is 19.3 Å². The van der Waals surface area contributed by atoms with E-state index in [1.807, 2.05) is 63.8 Å². The zero-order valence-electron chi connectivity index (χ0n) is 22.2. The SMILES string of the molecule is C=C(OC(C)(C)C)N1CCN(C(=O)[C@@H](CC(=O)OC)C(C)C)[C@H](C2=NC(c3ccc(Br)cc3)=CC2)C1. The van der Waals surface area contributed by atoms with Crippen LogP contribution in [0.3, 0.4) is 0 Å². The summed E-state index contributed by atoms with van der Waals surface area (Å²) in [6.07, 6.45) is 2.83. The molecule has 3 rings (SSSR count). The number of carbonyl (C=O) groups is 2. The van der Waals surface area contributed by atoms with E-state index in [0.717, 1.165) is 21.4 Å². The second kappa shape index (κ2) is 11.6. The molecule has 0 saturated carbocycles. The normalized spacial score (nSPS) is 19.1. The van der Waals surface area contributed by atoms with Crippen molar-refractivity contribution >= 4 is 39.2 Å². The first-order valence-corrected chi connectivity index (χ1v) is 13.2. The van der Waals surface area contributed by atoms with Gasteiger partial charge in [0.15, 0.2) is 5.88 Å². The predicted molar refractivity (Wildman–Crippen MR) is 146 cm³/mol. The molecule has 1 amide bonds. The Bertz CT molecular complexity index is 1040. The molecule has 196 valence electrons.